The molecule has 0 saturated heterocycles. The number of rotatable bonds is 3. The van der Waals surface area contributed by atoms with Crippen LogP contribution in [0.2, 0.25) is 0 Å². The van der Waals surface area contributed by atoms with Crippen LogP contribution >= 0.6 is 0 Å². The second-order valence-electron chi connectivity index (χ2n) is 2.18. The Bertz CT molecular complexity index is 339. The molecule has 0 unspecified atom stereocenters. The fourth-order valence-electron chi connectivity index (χ4n) is 0.771. The minimum atomic E-state index is -0.487. The van der Waals surface area contributed by atoms with Gasteiger partial charge in [0.2, 0.25) is 0 Å². The average molecular weight is 178 g/mol. The van der Waals surface area contributed by atoms with Gasteiger partial charge in [0, 0.05) is 12.1 Å². The fraction of sp³-hybridized carbons (Fsp3) is 0.125. The van der Waals surface area contributed by atoms with Gasteiger partial charge in [-0.05, 0) is 12.1 Å². The third kappa shape index (κ3) is 2.45. The molecular weight excluding hydrogens is 172 g/mol. The van der Waals surface area contributed by atoms with Crippen LogP contribution in [0.4, 0.5) is 5.69 Å². The Labute approximate surface area is 74.5 Å². The lowest BCUT2D eigenvalue weighted by atomic mass is 10.3. The van der Waals surface area contributed by atoms with Gasteiger partial charge in [-0.25, -0.2) is 6.57 Å². The predicted octanol–water partition coefficient (Wildman–Crippen LogP) is 1.85. The molecule has 13 heavy (non-hydrogen) atoms. The maximum Gasteiger partial charge on any atom is 0.357 e. The Morgan fingerprint density at radius 2 is 2.08 bits per heavy atom. The van der Waals surface area contributed by atoms with Crippen molar-refractivity contribution in [3.63, 3.8) is 0 Å². The van der Waals surface area contributed by atoms with E-state index in [1.54, 1.807) is 0 Å². The second-order valence-corrected chi connectivity index (χ2v) is 2.18. The van der Waals surface area contributed by atoms with Crippen LogP contribution in [0.3, 0.4) is 0 Å². The predicted molar refractivity (Wildman–Crippen MR) is 45.2 cm³/mol. The molecule has 0 atom stereocenters. The summed E-state index contributed by atoms with van der Waals surface area (Å²) in [4.78, 5) is 12.7. The lowest BCUT2D eigenvalue weighted by Gasteiger charge is -1.97. The van der Waals surface area contributed by atoms with Gasteiger partial charge in [-0.15, -0.1) is 0 Å². The van der Waals surface area contributed by atoms with Gasteiger partial charge in [-0.1, -0.05) is 0 Å². The Hall–Kier alpha value is -2.09. The van der Waals surface area contributed by atoms with Gasteiger partial charge in [0.05, 0.1) is 4.92 Å². The van der Waals surface area contributed by atoms with Gasteiger partial charge >= 0.3 is 6.73 Å². The Morgan fingerprint density at radius 1 is 1.46 bits per heavy atom. The van der Waals surface area contributed by atoms with Crippen molar-refractivity contribution in [2.24, 2.45) is 0 Å². The summed E-state index contributed by atoms with van der Waals surface area (Å²) in [7, 11) is 0. The van der Waals surface area contributed by atoms with Crippen molar-refractivity contribution < 1.29 is 9.66 Å². The summed E-state index contributed by atoms with van der Waals surface area (Å²) in [6, 6.07) is 5.59. The van der Waals surface area contributed by atoms with E-state index in [0.717, 1.165) is 0 Å². The number of ether oxygens (including phenoxy) is 1. The van der Waals surface area contributed by atoms with Gasteiger partial charge in [0.1, 0.15) is 5.75 Å². The molecule has 0 radical (unpaired) electrons. The molecule has 0 aliphatic carbocycles. The van der Waals surface area contributed by atoms with Crippen molar-refractivity contribution in [2.75, 3.05) is 6.73 Å². The highest BCUT2D eigenvalue weighted by atomic mass is 16.6. The van der Waals surface area contributed by atoms with E-state index in [-0.39, 0.29) is 12.4 Å². The zero-order valence-electron chi connectivity index (χ0n) is 6.64. The number of nitrogens with zero attached hydrogens (tertiary/aromatic N) is 2. The first kappa shape index (κ1) is 9.00. The van der Waals surface area contributed by atoms with Gasteiger partial charge < -0.3 is 4.74 Å². The molecule has 0 saturated carbocycles. The van der Waals surface area contributed by atoms with E-state index in [0.29, 0.717) is 5.75 Å². The molecule has 0 fully saturated rings. The minimum absolute atomic E-state index is 0.00941. The van der Waals surface area contributed by atoms with E-state index in [9.17, 15) is 10.1 Å². The zero-order valence-corrected chi connectivity index (χ0v) is 6.64. The molecule has 0 heterocycles. The summed E-state index contributed by atoms with van der Waals surface area (Å²) in [6.07, 6.45) is 0. The van der Waals surface area contributed by atoms with Crippen LogP contribution in [-0.2, 0) is 0 Å². The molecule has 0 bridgehead atoms. The molecule has 66 valence electrons. The minimum Gasteiger partial charge on any atom is -0.426 e. The number of nitro benzene ring substituents is 1. The molecule has 0 aliphatic heterocycles. The van der Waals surface area contributed by atoms with Crippen LogP contribution in [0.1, 0.15) is 0 Å². The summed E-state index contributed by atoms with van der Waals surface area (Å²) in [5.41, 5.74) is 0.00941. The van der Waals surface area contributed by atoms with E-state index in [1.807, 2.05) is 0 Å². The number of non-ortho nitro benzene ring substituents is 1. The van der Waals surface area contributed by atoms with Gasteiger partial charge in [0.15, 0.2) is 0 Å². The first-order valence-electron chi connectivity index (χ1n) is 3.44. The molecule has 1 rings (SSSR count). The molecule has 0 amide bonds. The van der Waals surface area contributed by atoms with E-state index >= 15 is 0 Å². The molecule has 0 spiro atoms. The standard InChI is InChI=1S/C8H6N2O3/c1-9-6-13-8-4-2-7(3-5-8)10(11)12/h2-5H,6H2. The van der Waals surface area contributed by atoms with Crippen molar-refractivity contribution in [1.82, 2.24) is 0 Å². The monoisotopic (exact) mass is 178 g/mol. The summed E-state index contributed by atoms with van der Waals surface area (Å²) in [6.45, 7) is 6.38. The topological polar surface area (TPSA) is 56.7 Å². The fourth-order valence-corrected chi connectivity index (χ4v) is 0.771. The van der Waals surface area contributed by atoms with Gasteiger partial charge in [-0.3, -0.25) is 15.0 Å². The van der Waals surface area contributed by atoms with Crippen LogP contribution in [0.5, 0.6) is 5.75 Å². The summed E-state index contributed by atoms with van der Waals surface area (Å²) >= 11 is 0. The lowest BCUT2D eigenvalue weighted by molar-refractivity contribution is -0.384. The largest absolute Gasteiger partial charge is 0.426 e. The van der Waals surface area contributed by atoms with Crippen LogP contribution in [0, 0.1) is 16.7 Å². The van der Waals surface area contributed by atoms with Crippen molar-refractivity contribution >= 4 is 5.69 Å². The first-order chi connectivity index (χ1) is 6.24. The van der Waals surface area contributed by atoms with E-state index in [1.165, 1.54) is 24.3 Å². The Kier molecular flexibility index (Phi) is 2.82. The average Bonchev–Trinajstić information content (AvgIpc) is 2.15. The normalized spacial score (nSPS) is 8.85. The SMILES string of the molecule is [C-]#[N+]COc1ccc([N+](=O)[O-])cc1. The Morgan fingerprint density at radius 3 is 2.54 bits per heavy atom. The molecule has 0 aliphatic rings. The van der Waals surface area contributed by atoms with Crippen molar-refractivity contribution in [3.05, 3.63) is 45.8 Å². The van der Waals surface area contributed by atoms with Crippen molar-refractivity contribution in [1.29, 1.82) is 0 Å². The second kappa shape index (κ2) is 4.07. The van der Waals surface area contributed by atoms with Crippen molar-refractivity contribution in [3.8, 4) is 5.75 Å². The highest BCUT2D eigenvalue weighted by Crippen LogP contribution is 2.16. The van der Waals surface area contributed by atoms with Gasteiger partial charge in [0.25, 0.3) is 5.69 Å². The zero-order chi connectivity index (χ0) is 9.68. The molecule has 5 heteroatoms. The highest BCUT2D eigenvalue weighted by molar-refractivity contribution is 5.35. The van der Waals surface area contributed by atoms with E-state index in [2.05, 4.69) is 4.85 Å². The molecule has 1 aromatic carbocycles. The summed E-state index contributed by atoms with van der Waals surface area (Å²) < 4.78 is 4.91. The Balaban J connectivity index is 2.71. The first-order valence-corrected chi connectivity index (χ1v) is 3.44. The van der Waals surface area contributed by atoms with Crippen LogP contribution in [0.25, 0.3) is 4.85 Å². The maximum absolute atomic E-state index is 10.2. The van der Waals surface area contributed by atoms with Crippen LogP contribution in [0.15, 0.2) is 24.3 Å². The highest BCUT2D eigenvalue weighted by Gasteiger charge is 2.03. The molecule has 5 nitrogen and oxygen atoms in total. The smallest absolute Gasteiger partial charge is 0.357 e. The van der Waals surface area contributed by atoms with Crippen LogP contribution < -0.4 is 4.74 Å². The van der Waals surface area contributed by atoms with Crippen molar-refractivity contribution in [2.45, 2.75) is 0 Å². The third-order valence-electron chi connectivity index (χ3n) is 1.34. The maximum atomic E-state index is 10.2. The number of benzene rings is 1. The molecular formula is C8H6N2O3. The van der Waals surface area contributed by atoms with Crippen LogP contribution in [-0.4, -0.2) is 11.7 Å². The number of hydrogen-bond donors (Lipinski definition) is 0. The quantitative estimate of drug-likeness (QED) is 0.403. The number of hydrogen-bond acceptors (Lipinski definition) is 3. The molecule has 1 aromatic rings. The van der Waals surface area contributed by atoms with E-state index in [4.69, 9.17) is 11.3 Å². The number of nitro groups is 1. The lowest BCUT2D eigenvalue weighted by Crippen LogP contribution is -1.92. The summed E-state index contributed by atoms with van der Waals surface area (Å²) in [5.74, 6) is 0.460. The molecule has 0 N–H and O–H groups in total. The third-order valence-corrected chi connectivity index (χ3v) is 1.34. The van der Waals surface area contributed by atoms with Gasteiger partial charge in [-0.2, -0.15) is 0 Å². The molecule has 0 aromatic heterocycles. The summed E-state index contributed by atoms with van der Waals surface area (Å²) in [5, 5.41) is 10.2. The van der Waals surface area contributed by atoms with E-state index < -0.39 is 4.92 Å².